The molecule has 1 aromatic heterocycles. The zero-order valence-corrected chi connectivity index (χ0v) is 19.2. The summed E-state index contributed by atoms with van der Waals surface area (Å²) in [5.41, 5.74) is 0.577. The highest BCUT2D eigenvalue weighted by molar-refractivity contribution is 9.10. The number of halogens is 1. The fraction of sp³-hybridized carbons (Fsp3) is 0.300. The molecule has 1 aliphatic heterocycles. The van der Waals surface area contributed by atoms with Gasteiger partial charge in [-0.15, -0.1) is 0 Å². The van der Waals surface area contributed by atoms with Crippen molar-refractivity contribution in [3.05, 3.63) is 35.1 Å². The fourth-order valence-electron chi connectivity index (χ4n) is 3.02. The number of sulfone groups is 1. The van der Waals surface area contributed by atoms with E-state index >= 15 is 0 Å². The van der Waals surface area contributed by atoms with Crippen molar-refractivity contribution in [1.82, 2.24) is 9.97 Å². The van der Waals surface area contributed by atoms with E-state index in [4.69, 9.17) is 23.7 Å². The predicted octanol–water partition coefficient (Wildman–Crippen LogP) is 3.74. The summed E-state index contributed by atoms with van der Waals surface area (Å²) in [7, 11) is -1.53. The number of hydrogen-bond acceptors (Lipinski definition) is 9. The molecule has 0 radical (unpaired) electrons. The molecule has 0 spiro atoms. The summed E-state index contributed by atoms with van der Waals surface area (Å²) in [5, 5.41) is 0.607. The van der Waals surface area contributed by atoms with Crippen LogP contribution in [0.4, 0.5) is 0 Å². The van der Waals surface area contributed by atoms with Crippen LogP contribution in [0.2, 0.25) is 0 Å². The van der Waals surface area contributed by atoms with Crippen molar-refractivity contribution in [3.63, 3.8) is 0 Å². The summed E-state index contributed by atoms with van der Waals surface area (Å²) in [6.07, 6.45) is 2.95. The smallest absolute Gasteiger partial charge is 0.231 e. The second kappa shape index (κ2) is 8.75. The minimum atomic E-state index is -3.04. The number of methoxy groups -OCH3 is 1. The number of aromatic nitrogens is 2. The molecule has 1 aliphatic rings. The monoisotopic (exact) mass is 510 g/mol. The lowest BCUT2D eigenvalue weighted by molar-refractivity contribution is 0.171. The topological polar surface area (TPSA) is 106 Å². The van der Waals surface area contributed by atoms with E-state index in [9.17, 15) is 8.42 Å². The molecule has 11 heteroatoms. The zero-order valence-electron chi connectivity index (χ0n) is 16.8. The first kappa shape index (κ1) is 21.4. The molecule has 0 unspecified atom stereocenters. The minimum absolute atomic E-state index is 0.0474. The maximum absolute atomic E-state index is 11.3. The van der Waals surface area contributed by atoms with Crippen LogP contribution in [0.15, 0.2) is 35.1 Å². The molecule has 0 bridgehead atoms. The summed E-state index contributed by atoms with van der Waals surface area (Å²) in [6.45, 7) is 0.339. The van der Waals surface area contributed by atoms with Gasteiger partial charge in [-0.05, 0) is 24.6 Å². The van der Waals surface area contributed by atoms with Crippen LogP contribution in [0.25, 0.3) is 10.9 Å². The van der Waals surface area contributed by atoms with Gasteiger partial charge in [-0.1, -0.05) is 15.9 Å². The third kappa shape index (κ3) is 4.93. The molecule has 0 aliphatic carbocycles. The summed E-state index contributed by atoms with van der Waals surface area (Å²) in [4.78, 5) is 8.55. The van der Waals surface area contributed by atoms with E-state index in [1.54, 1.807) is 24.3 Å². The minimum Gasteiger partial charge on any atom is -0.493 e. The third-order valence-electron chi connectivity index (χ3n) is 4.41. The molecule has 0 saturated heterocycles. The van der Waals surface area contributed by atoms with Crippen molar-refractivity contribution in [1.29, 1.82) is 0 Å². The van der Waals surface area contributed by atoms with Crippen LogP contribution in [0.3, 0.4) is 0 Å². The van der Waals surface area contributed by atoms with E-state index in [0.29, 0.717) is 52.0 Å². The van der Waals surface area contributed by atoms with Crippen LogP contribution in [-0.2, 0) is 9.84 Å². The number of ether oxygens (including phenoxy) is 5. The summed E-state index contributed by atoms with van der Waals surface area (Å²) >= 11 is 3.43. The van der Waals surface area contributed by atoms with Crippen molar-refractivity contribution in [2.75, 3.05) is 32.5 Å². The SMILES string of the molecule is COc1cc2c(Oc3cc(Br)cc4c3OCO4)ncnc2cc1OCCCS(C)(=O)=O. The molecule has 3 aromatic rings. The molecular weight excluding hydrogens is 492 g/mol. The average molecular weight is 511 g/mol. The van der Waals surface area contributed by atoms with E-state index in [-0.39, 0.29) is 19.2 Å². The molecule has 0 atom stereocenters. The van der Waals surface area contributed by atoms with Crippen molar-refractivity contribution in [2.24, 2.45) is 0 Å². The van der Waals surface area contributed by atoms with Crippen molar-refractivity contribution in [3.8, 4) is 34.6 Å². The van der Waals surface area contributed by atoms with Crippen LogP contribution in [0, 0.1) is 0 Å². The Kier molecular flexibility index (Phi) is 6.05. The second-order valence-corrected chi connectivity index (χ2v) is 9.95. The quantitative estimate of drug-likeness (QED) is 0.418. The Labute approximate surface area is 187 Å². The number of rotatable bonds is 8. The Balaban J connectivity index is 1.63. The standard InChI is InChI=1S/C20H19BrN2O7S/c1-26-15-8-13-14(9-16(15)27-4-3-5-31(2,24)25)22-10-23-20(13)30-18-7-12(21)6-17-19(18)29-11-28-17/h6-10H,3-5,11H2,1-2H3. The van der Waals surface area contributed by atoms with Gasteiger partial charge in [0.15, 0.2) is 23.0 Å². The van der Waals surface area contributed by atoms with Crippen LogP contribution >= 0.6 is 15.9 Å². The van der Waals surface area contributed by atoms with Crippen LogP contribution in [0.5, 0.6) is 34.6 Å². The molecular formula is C20H19BrN2O7S. The third-order valence-corrected chi connectivity index (χ3v) is 5.90. The highest BCUT2D eigenvalue weighted by Gasteiger charge is 2.22. The fourth-order valence-corrected chi connectivity index (χ4v) is 4.08. The maximum atomic E-state index is 11.3. The molecule has 4 rings (SSSR count). The first-order chi connectivity index (χ1) is 14.8. The first-order valence-corrected chi connectivity index (χ1v) is 12.1. The number of hydrogen-bond donors (Lipinski definition) is 0. The van der Waals surface area contributed by atoms with Gasteiger partial charge < -0.3 is 23.7 Å². The molecule has 2 aromatic carbocycles. The Hall–Kier alpha value is -2.79. The average Bonchev–Trinajstić information content (AvgIpc) is 3.18. The Morgan fingerprint density at radius 3 is 2.71 bits per heavy atom. The van der Waals surface area contributed by atoms with Gasteiger partial charge >= 0.3 is 0 Å². The van der Waals surface area contributed by atoms with Gasteiger partial charge in [-0.2, -0.15) is 0 Å². The maximum Gasteiger partial charge on any atom is 0.231 e. The van der Waals surface area contributed by atoms with Gasteiger partial charge in [0.2, 0.25) is 18.4 Å². The zero-order chi connectivity index (χ0) is 22.0. The molecule has 9 nitrogen and oxygen atoms in total. The molecule has 0 amide bonds. The molecule has 31 heavy (non-hydrogen) atoms. The highest BCUT2D eigenvalue weighted by atomic mass is 79.9. The highest BCUT2D eigenvalue weighted by Crippen LogP contribution is 2.46. The molecule has 2 heterocycles. The van der Waals surface area contributed by atoms with E-state index < -0.39 is 9.84 Å². The van der Waals surface area contributed by atoms with Gasteiger partial charge in [0.1, 0.15) is 16.2 Å². The lowest BCUT2D eigenvalue weighted by Gasteiger charge is -2.14. The summed E-state index contributed by atoms with van der Waals surface area (Å²) in [5.74, 6) is 2.77. The van der Waals surface area contributed by atoms with E-state index in [0.717, 1.165) is 4.47 Å². The second-order valence-electron chi connectivity index (χ2n) is 6.77. The lowest BCUT2D eigenvalue weighted by atomic mass is 10.2. The molecule has 0 fully saturated rings. The summed E-state index contributed by atoms with van der Waals surface area (Å²) < 4.78 is 51.5. The van der Waals surface area contributed by atoms with Gasteiger partial charge in [0, 0.05) is 16.8 Å². The molecule has 0 N–H and O–H groups in total. The Morgan fingerprint density at radius 1 is 1.10 bits per heavy atom. The lowest BCUT2D eigenvalue weighted by Crippen LogP contribution is -2.08. The normalized spacial score (nSPS) is 12.7. The van der Waals surface area contributed by atoms with Crippen molar-refractivity contribution < 1.29 is 32.1 Å². The summed E-state index contributed by atoms with van der Waals surface area (Å²) in [6, 6.07) is 6.97. The van der Waals surface area contributed by atoms with Crippen molar-refractivity contribution in [2.45, 2.75) is 6.42 Å². The van der Waals surface area contributed by atoms with Crippen LogP contribution < -0.4 is 23.7 Å². The van der Waals surface area contributed by atoms with E-state index in [1.807, 2.05) is 0 Å². The molecule has 0 saturated carbocycles. The van der Waals surface area contributed by atoms with Crippen LogP contribution in [-0.4, -0.2) is 50.9 Å². The first-order valence-electron chi connectivity index (χ1n) is 9.24. The van der Waals surface area contributed by atoms with Crippen LogP contribution in [0.1, 0.15) is 6.42 Å². The van der Waals surface area contributed by atoms with Gasteiger partial charge in [-0.25, -0.2) is 18.4 Å². The predicted molar refractivity (Wildman–Crippen MR) is 116 cm³/mol. The van der Waals surface area contributed by atoms with Gasteiger partial charge in [-0.3, -0.25) is 0 Å². The largest absolute Gasteiger partial charge is 0.493 e. The number of benzene rings is 2. The Bertz CT molecular complexity index is 1230. The Morgan fingerprint density at radius 2 is 1.94 bits per heavy atom. The van der Waals surface area contributed by atoms with Gasteiger partial charge in [0.25, 0.3) is 0 Å². The van der Waals surface area contributed by atoms with E-state index in [1.165, 1.54) is 19.7 Å². The van der Waals surface area contributed by atoms with Gasteiger partial charge in [0.05, 0.1) is 30.4 Å². The van der Waals surface area contributed by atoms with E-state index in [2.05, 4.69) is 25.9 Å². The number of nitrogens with zero attached hydrogens (tertiary/aromatic N) is 2. The molecule has 164 valence electrons. The van der Waals surface area contributed by atoms with Crippen molar-refractivity contribution >= 4 is 36.7 Å². The number of fused-ring (bicyclic) bond motifs is 2.